The molecule has 0 saturated carbocycles. The lowest BCUT2D eigenvalue weighted by Gasteiger charge is -2.36. The van der Waals surface area contributed by atoms with Gasteiger partial charge in [-0.2, -0.15) is 0 Å². The molecule has 26 heavy (non-hydrogen) atoms. The van der Waals surface area contributed by atoms with E-state index >= 15 is 0 Å². The van der Waals surface area contributed by atoms with E-state index in [0.717, 1.165) is 29.7 Å². The van der Waals surface area contributed by atoms with Gasteiger partial charge in [0.05, 0.1) is 20.3 Å². The molecule has 1 aliphatic heterocycles. The summed E-state index contributed by atoms with van der Waals surface area (Å²) in [7, 11) is 3.26. The molecule has 5 nitrogen and oxygen atoms in total. The van der Waals surface area contributed by atoms with E-state index in [2.05, 4.69) is 6.92 Å². The summed E-state index contributed by atoms with van der Waals surface area (Å²) in [5, 5.41) is 0. The Labute approximate surface area is 154 Å². The number of nitrogens with zero attached hydrogens (tertiary/aromatic N) is 1. The normalized spacial score (nSPS) is 16.0. The van der Waals surface area contributed by atoms with Crippen molar-refractivity contribution >= 4 is 6.09 Å². The number of fused-ring (bicyclic) bond motifs is 1. The second-order valence-electron chi connectivity index (χ2n) is 6.31. The first kappa shape index (κ1) is 18.1. The Bertz CT molecular complexity index is 760. The number of methoxy groups -OCH3 is 2. The molecule has 138 valence electrons. The second-order valence-corrected chi connectivity index (χ2v) is 6.31. The van der Waals surface area contributed by atoms with Crippen molar-refractivity contribution < 1.29 is 19.0 Å². The molecule has 0 N–H and O–H groups in total. The SMILES string of the molecule is CCC1c2cc(OC)c(OC)cc2CCN1C(=O)OCc1ccccc1. The Balaban J connectivity index is 1.79. The quantitative estimate of drug-likeness (QED) is 0.800. The van der Waals surface area contributed by atoms with Crippen molar-refractivity contribution in [3.05, 3.63) is 59.2 Å². The Kier molecular flexibility index (Phi) is 5.66. The van der Waals surface area contributed by atoms with E-state index in [9.17, 15) is 4.79 Å². The number of carbonyl (C=O) groups is 1. The van der Waals surface area contributed by atoms with Gasteiger partial charge in [-0.15, -0.1) is 0 Å². The van der Waals surface area contributed by atoms with Crippen LogP contribution in [0.3, 0.4) is 0 Å². The van der Waals surface area contributed by atoms with Gasteiger partial charge in [0.2, 0.25) is 0 Å². The van der Waals surface area contributed by atoms with Gasteiger partial charge >= 0.3 is 6.09 Å². The summed E-state index contributed by atoms with van der Waals surface area (Å²) in [5.74, 6) is 1.41. The summed E-state index contributed by atoms with van der Waals surface area (Å²) >= 11 is 0. The maximum atomic E-state index is 12.7. The first-order chi connectivity index (χ1) is 12.7. The fourth-order valence-electron chi connectivity index (χ4n) is 3.49. The number of hydrogen-bond acceptors (Lipinski definition) is 4. The fourth-order valence-corrected chi connectivity index (χ4v) is 3.49. The Morgan fingerprint density at radius 2 is 1.81 bits per heavy atom. The molecule has 1 unspecified atom stereocenters. The first-order valence-electron chi connectivity index (χ1n) is 8.90. The van der Waals surface area contributed by atoms with Crippen molar-refractivity contribution in [2.75, 3.05) is 20.8 Å². The molecule has 5 heteroatoms. The largest absolute Gasteiger partial charge is 0.493 e. The molecule has 0 aliphatic carbocycles. The molecule has 2 aromatic carbocycles. The third-order valence-corrected chi connectivity index (χ3v) is 4.83. The minimum absolute atomic E-state index is 0.0261. The Morgan fingerprint density at radius 1 is 1.12 bits per heavy atom. The van der Waals surface area contributed by atoms with Gasteiger partial charge in [-0.25, -0.2) is 4.79 Å². The van der Waals surface area contributed by atoms with Crippen LogP contribution in [0.25, 0.3) is 0 Å². The zero-order valence-corrected chi connectivity index (χ0v) is 15.5. The van der Waals surface area contributed by atoms with Crippen LogP contribution in [-0.2, 0) is 17.8 Å². The summed E-state index contributed by atoms with van der Waals surface area (Å²) in [6.45, 7) is 2.99. The zero-order chi connectivity index (χ0) is 18.5. The molecule has 0 saturated heterocycles. The van der Waals surface area contributed by atoms with Gasteiger partial charge < -0.3 is 19.1 Å². The van der Waals surface area contributed by atoms with Crippen LogP contribution in [0, 0.1) is 0 Å². The maximum absolute atomic E-state index is 12.7. The van der Waals surface area contributed by atoms with Gasteiger partial charge in [-0.1, -0.05) is 37.3 Å². The Morgan fingerprint density at radius 3 is 2.46 bits per heavy atom. The van der Waals surface area contributed by atoms with Gasteiger partial charge in [0.25, 0.3) is 0 Å². The summed E-state index contributed by atoms with van der Waals surface area (Å²) in [6, 6.07) is 13.7. The average Bonchev–Trinajstić information content (AvgIpc) is 2.70. The summed E-state index contributed by atoms with van der Waals surface area (Å²) in [6.07, 6.45) is 1.30. The smallest absolute Gasteiger partial charge is 0.410 e. The van der Waals surface area contributed by atoms with Crippen molar-refractivity contribution in [2.24, 2.45) is 0 Å². The number of benzene rings is 2. The summed E-state index contributed by atoms with van der Waals surface area (Å²) < 4.78 is 16.4. The summed E-state index contributed by atoms with van der Waals surface area (Å²) in [5.41, 5.74) is 3.28. The molecule has 0 fully saturated rings. The van der Waals surface area contributed by atoms with Crippen molar-refractivity contribution in [3.8, 4) is 11.5 Å². The lowest BCUT2D eigenvalue weighted by atomic mass is 9.91. The predicted octanol–water partition coefficient (Wildman–Crippen LogP) is 4.35. The first-order valence-corrected chi connectivity index (χ1v) is 8.90. The van der Waals surface area contributed by atoms with Crippen LogP contribution in [0.15, 0.2) is 42.5 Å². The molecule has 1 amide bonds. The van der Waals surface area contributed by atoms with Crippen molar-refractivity contribution in [1.29, 1.82) is 0 Å². The highest BCUT2D eigenvalue weighted by atomic mass is 16.6. The van der Waals surface area contributed by atoms with Crippen LogP contribution in [0.5, 0.6) is 11.5 Å². The van der Waals surface area contributed by atoms with Crippen LogP contribution in [0.4, 0.5) is 4.79 Å². The molecule has 1 heterocycles. The van der Waals surface area contributed by atoms with E-state index < -0.39 is 0 Å². The van der Waals surface area contributed by atoms with Crippen molar-refractivity contribution in [3.63, 3.8) is 0 Å². The highest BCUT2D eigenvalue weighted by molar-refractivity contribution is 5.69. The average molecular weight is 355 g/mol. The lowest BCUT2D eigenvalue weighted by molar-refractivity contribution is 0.0760. The number of hydrogen-bond donors (Lipinski definition) is 0. The van der Waals surface area contributed by atoms with E-state index in [4.69, 9.17) is 14.2 Å². The van der Waals surface area contributed by atoms with Crippen LogP contribution < -0.4 is 9.47 Å². The standard InChI is InChI=1S/C21H25NO4/c1-4-18-17-13-20(25-3)19(24-2)12-16(17)10-11-22(18)21(23)26-14-15-8-6-5-7-9-15/h5-9,12-13,18H,4,10-11,14H2,1-3H3. The third kappa shape index (κ3) is 3.62. The summed E-state index contributed by atoms with van der Waals surface area (Å²) in [4.78, 5) is 14.5. The van der Waals surface area contributed by atoms with Crippen LogP contribution in [0.1, 0.15) is 36.1 Å². The highest BCUT2D eigenvalue weighted by Crippen LogP contribution is 2.39. The van der Waals surface area contributed by atoms with E-state index in [1.165, 1.54) is 5.56 Å². The maximum Gasteiger partial charge on any atom is 0.410 e. The van der Waals surface area contributed by atoms with Crippen LogP contribution in [0.2, 0.25) is 0 Å². The van der Waals surface area contributed by atoms with Crippen LogP contribution in [-0.4, -0.2) is 31.8 Å². The fraction of sp³-hybridized carbons (Fsp3) is 0.381. The molecule has 0 bridgehead atoms. The molecule has 1 atom stereocenters. The van der Waals surface area contributed by atoms with Crippen molar-refractivity contribution in [1.82, 2.24) is 4.90 Å². The number of carbonyl (C=O) groups excluding carboxylic acids is 1. The highest BCUT2D eigenvalue weighted by Gasteiger charge is 2.32. The van der Waals surface area contributed by atoms with E-state index in [1.807, 2.05) is 47.4 Å². The minimum atomic E-state index is -0.277. The predicted molar refractivity (Wildman–Crippen MR) is 99.6 cm³/mol. The van der Waals surface area contributed by atoms with Gasteiger partial charge in [0, 0.05) is 6.54 Å². The van der Waals surface area contributed by atoms with E-state index in [-0.39, 0.29) is 18.7 Å². The number of ether oxygens (including phenoxy) is 3. The van der Waals surface area contributed by atoms with Gasteiger partial charge in [-0.05, 0) is 41.7 Å². The monoisotopic (exact) mass is 355 g/mol. The molecule has 2 aromatic rings. The third-order valence-electron chi connectivity index (χ3n) is 4.83. The van der Waals surface area contributed by atoms with Crippen molar-refractivity contribution in [2.45, 2.75) is 32.4 Å². The molecule has 1 aliphatic rings. The second kappa shape index (κ2) is 8.13. The molecular weight excluding hydrogens is 330 g/mol. The van der Waals surface area contributed by atoms with Gasteiger partial charge in [0.15, 0.2) is 11.5 Å². The lowest BCUT2D eigenvalue weighted by Crippen LogP contribution is -2.40. The number of amides is 1. The molecule has 0 spiro atoms. The molecule has 0 radical (unpaired) electrons. The molecular formula is C21H25NO4. The topological polar surface area (TPSA) is 48.0 Å². The number of rotatable bonds is 5. The minimum Gasteiger partial charge on any atom is -0.493 e. The van der Waals surface area contributed by atoms with Gasteiger partial charge in [-0.3, -0.25) is 0 Å². The molecule has 0 aromatic heterocycles. The van der Waals surface area contributed by atoms with Gasteiger partial charge in [0.1, 0.15) is 6.61 Å². The van der Waals surface area contributed by atoms with E-state index in [1.54, 1.807) is 14.2 Å². The zero-order valence-electron chi connectivity index (χ0n) is 15.5. The molecule has 3 rings (SSSR count). The van der Waals surface area contributed by atoms with E-state index in [0.29, 0.717) is 12.3 Å². The van der Waals surface area contributed by atoms with Crippen LogP contribution >= 0.6 is 0 Å². The Hall–Kier alpha value is -2.69.